The fraction of sp³-hybridized carbons (Fsp3) is 0.679. The first-order valence-corrected chi connectivity index (χ1v) is 13.5. The molecule has 0 spiro atoms. The van der Waals surface area contributed by atoms with Gasteiger partial charge in [0.25, 0.3) is 0 Å². The molecular formula is C28H36BNO5. The lowest BCUT2D eigenvalue weighted by molar-refractivity contribution is -0.199. The Morgan fingerprint density at radius 1 is 1.20 bits per heavy atom. The number of para-hydroxylation sites is 1. The van der Waals surface area contributed by atoms with Crippen LogP contribution in [-0.2, 0) is 20.5 Å². The minimum absolute atomic E-state index is 0.0657. The van der Waals surface area contributed by atoms with Gasteiger partial charge < -0.3 is 23.8 Å². The molecule has 5 saturated carbocycles. The maximum Gasteiger partial charge on any atom is 0.482 e. The fourth-order valence-electron chi connectivity index (χ4n) is 8.12. The number of alkyl carbamates (subject to hydrolysis) is 1. The Morgan fingerprint density at radius 2 is 2.06 bits per heavy atom. The van der Waals surface area contributed by atoms with Crippen LogP contribution in [0.4, 0.5) is 4.79 Å². The average Bonchev–Trinajstić information content (AvgIpc) is 3.15. The molecule has 6 aliphatic rings. The van der Waals surface area contributed by atoms with E-state index in [2.05, 4.69) is 32.2 Å². The molecule has 1 saturated heterocycles. The van der Waals surface area contributed by atoms with Crippen LogP contribution in [0.2, 0.25) is 0 Å². The van der Waals surface area contributed by atoms with Crippen LogP contribution in [0.25, 0.3) is 11.0 Å². The fourth-order valence-corrected chi connectivity index (χ4v) is 8.12. The molecule has 1 aromatic carbocycles. The summed E-state index contributed by atoms with van der Waals surface area (Å²) in [4.78, 5) is 13.0. The maximum absolute atomic E-state index is 13.0. The molecule has 1 N–H and O–H groups in total. The molecule has 2 bridgehead atoms. The SMILES string of the molecule is CC1(C)[C@@H]2C[C@H]3OB([C@H](Cc4coc5ccccc45)NC(=O)OC[C@@H]4CC[C@@H]5C[C@@H]54)O[C@@]3(C)[C@H]1C2. The van der Waals surface area contributed by atoms with E-state index in [1.54, 1.807) is 6.26 Å². The number of ether oxygens (including phenoxy) is 1. The van der Waals surface area contributed by atoms with Gasteiger partial charge in [-0.25, -0.2) is 4.79 Å². The van der Waals surface area contributed by atoms with Crippen LogP contribution in [0.1, 0.15) is 58.4 Å². The Bertz CT molecular complexity index is 1150. The number of carbonyl (C=O) groups is 1. The molecule has 0 radical (unpaired) electrons. The van der Waals surface area contributed by atoms with Gasteiger partial charge in [0.2, 0.25) is 0 Å². The van der Waals surface area contributed by atoms with E-state index >= 15 is 0 Å². The molecule has 5 aliphatic carbocycles. The summed E-state index contributed by atoms with van der Waals surface area (Å²) in [6, 6.07) is 8.01. The van der Waals surface area contributed by atoms with E-state index in [1.165, 1.54) is 25.7 Å². The lowest BCUT2D eigenvalue weighted by Gasteiger charge is -2.64. The molecule has 7 heteroatoms. The number of fused-ring (bicyclic) bond motifs is 2. The number of amides is 1. The summed E-state index contributed by atoms with van der Waals surface area (Å²) in [6.45, 7) is 7.46. The zero-order valence-electron chi connectivity index (χ0n) is 21.0. The van der Waals surface area contributed by atoms with Gasteiger partial charge in [-0.2, -0.15) is 0 Å². The first-order valence-electron chi connectivity index (χ1n) is 13.5. The van der Waals surface area contributed by atoms with Crippen molar-refractivity contribution in [3.63, 3.8) is 0 Å². The normalized spacial score (nSPS) is 39.0. The number of benzene rings is 1. The van der Waals surface area contributed by atoms with Gasteiger partial charge in [-0.3, -0.25) is 0 Å². The second-order valence-electron chi connectivity index (χ2n) is 12.6. The van der Waals surface area contributed by atoms with Gasteiger partial charge in [0, 0.05) is 5.39 Å². The molecule has 8 atom stereocenters. The molecule has 6 fully saturated rings. The quantitative estimate of drug-likeness (QED) is 0.566. The summed E-state index contributed by atoms with van der Waals surface area (Å²) in [5.41, 5.74) is 1.84. The van der Waals surface area contributed by atoms with Crippen LogP contribution in [0.5, 0.6) is 0 Å². The topological polar surface area (TPSA) is 69.9 Å². The largest absolute Gasteiger partial charge is 0.482 e. The number of nitrogens with one attached hydrogen (secondary N) is 1. The smallest absolute Gasteiger partial charge is 0.464 e. The highest BCUT2D eigenvalue weighted by Crippen LogP contribution is 2.65. The van der Waals surface area contributed by atoms with Crippen molar-refractivity contribution < 1.29 is 23.3 Å². The lowest BCUT2D eigenvalue weighted by atomic mass is 9.43. The number of rotatable bonds is 6. The predicted octanol–water partition coefficient (Wildman–Crippen LogP) is 5.38. The molecule has 1 aromatic heterocycles. The summed E-state index contributed by atoms with van der Waals surface area (Å²) in [5, 5.41) is 4.20. The Labute approximate surface area is 207 Å². The second-order valence-corrected chi connectivity index (χ2v) is 12.6. The van der Waals surface area contributed by atoms with Crippen molar-refractivity contribution in [1.82, 2.24) is 5.32 Å². The molecule has 2 heterocycles. The van der Waals surface area contributed by atoms with Gasteiger partial charge >= 0.3 is 13.2 Å². The van der Waals surface area contributed by atoms with Crippen molar-refractivity contribution in [2.45, 2.75) is 76.9 Å². The minimum Gasteiger partial charge on any atom is -0.464 e. The summed E-state index contributed by atoms with van der Waals surface area (Å²) in [5.74, 6) is 2.98. The Morgan fingerprint density at radius 3 is 2.83 bits per heavy atom. The van der Waals surface area contributed by atoms with Gasteiger partial charge in [-0.15, -0.1) is 0 Å². The van der Waals surface area contributed by atoms with Crippen molar-refractivity contribution in [2.24, 2.45) is 35.0 Å². The van der Waals surface area contributed by atoms with Crippen LogP contribution < -0.4 is 5.32 Å². The van der Waals surface area contributed by atoms with Gasteiger partial charge in [0.15, 0.2) is 0 Å². The third-order valence-corrected chi connectivity index (χ3v) is 10.5. The molecule has 2 aromatic rings. The maximum atomic E-state index is 13.0. The van der Waals surface area contributed by atoms with Crippen LogP contribution in [0.3, 0.4) is 0 Å². The molecule has 6 nitrogen and oxygen atoms in total. The highest BCUT2D eigenvalue weighted by Gasteiger charge is 2.68. The highest BCUT2D eigenvalue weighted by atomic mass is 16.7. The standard InChI is InChI=1S/C28H36BNO5/c1-27(2)19-12-23(27)28(3)24(13-19)34-29(35-28)25(11-18-15-32-22-7-5-4-6-20(18)22)30-26(31)33-14-17-9-8-16-10-21(16)17/h4-7,15-17,19,21,23-25H,8-14H2,1-3H3,(H,30,31)/t16-,17+,19+,21+,23+,24-,25+,28+/m1/s1. The van der Waals surface area contributed by atoms with Gasteiger partial charge in [0.1, 0.15) is 5.58 Å². The van der Waals surface area contributed by atoms with Crippen molar-refractivity contribution in [1.29, 1.82) is 0 Å². The van der Waals surface area contributed by atoms with E-state index in [1.807, 2.05) is 18.2 Å². The summed E-state index contributed by atoms with van der Waals surface area (Å²) >= 11 is 0. The van der Waals surface area contributed by atoms with E-state index in [-0.39, 0.29) is 29.2 Å². The molecule has 1 amide bonds. The van der Waals surface area contributed by atoms with Crippen molar-refractivity contribution in [2.75, 3.05) is 6.61 Å². The van der Waals surface area contributed by atoms with Crippen LogP contribution in [0, 0.1) is 35.0 Å². The van der Waals surface area contributed by atoms with E-state index in [0.29, 0.717) is 30.8 Å². The Hall–Kier alpha value is -1.99. The van der Waals surface area contributed by atoms with Gasteiger partial charge in [0.05, 0.1) is 30.5 Å². The molecule has 35 heavy (non-hydrogen) atoms. The highest BCUT2D eigenvalue weighted by molar-refractivity contribution is 6.48. The first-order chi connectivity index (χ1) is 16.8. The van der Waals surface area contributed by atoms with Gasteiger partial charge in [-0.05, 0) is 92.1 Å². The molecule has 0 unspecified atom stereocenters. The summed E-state index contributed by atoms with van der Waals surface area (Å²) in [7, 11) is -0.513. The zero-order chi connectivity index (χ0) is 23.9. The second kappa shape index (κ2) is 7.76. The van der Waals surface area contributed by atoms with Crippen molar-refractivity contribution >= 4 is 24.2 Å². The van der Waals surface area contributed by atoms with E-state index in [9.17, 15) is 4.79 Å². The van der Waals surface area contributed by atoms with Crippen LogP contribution >= 0.6 is 0 Å². The lowest BCUT2D eigenvalue weighted by Crippen LogP contribution is -2.65. The van der Waals surface area contributed by atoms with E-state index in [0.717, 1.165) is 34.8 Å². The minimum atomic E-state index is -0.513. The van der Waals surface area contributed by atoms with Crippen molar-refractivity contribution in [3.8, 4) is 0 Å². The van der Waals surface area contributed by atoms with Crippen LogP contribution in [0.15, 0.2) is 34.9 Å². The Balaban J connectivity index is 1.10. The monoisotopic (exact) mass is 477 g/mol. The van der Waals surface area contributed by atoms with E-state index in [4.69, 9.17) is 18.5 Å². The number of furan rings is 1. The predicted molar refractivity (Wildman–Crippen MR) is 133 cm³/mol. The molecule has 186 valence electrons. The Kier molecular flexibility index (Phi) is 4.93. The summed E-state index contributed by atoms with van der Waals surface area (Å²) < 4.78 is 24.8. The zero-order valence-corrected chi connectivity index (χ0v) is 21.0. The molecule has 1 aliphatic heterocycles. The third kappa shape index (κ3) is 3.48. The number of hydrogen-bond donors (Lipinski definition) is 1. The third-order valence-electron chi connectivity index (χ3n) is 10.5. The number of carbonyl (C=O) groups excluding carboxylic acids is 1. The molecule has 8 rings (SSSR count). The molecular weight excluding hydrogens is 441 g/mol. The van der Waals surface area contributed by atoms with Crippen LogP contribution in [-0.4, -0.2) is 37.5 Å². The van der Waals surface area contributed by atoms with E-state index < -0.39 is 7.12 Å². The average molecular weight is 477 g/mol. The van der Waals surface area contributed by atoms with Gasteiger partial charge in [-0.1, -0.05) is 32.0 Å². The van der Waals surface area contributed by atoms with Crippen molar-refractivity contribution in [3.05, 3.63) is 36.1 Å². The number of hydrogen-bond acceptors (Lipinski definition) is 5. The first kappa shape index (κ1) is 22.2. The summed E-state index contributed by atoms with van der Waals surface area (Å²) in [6.07, 6.45) is 8.05.